The second-order valence-electron chi connectivity index (χ2n) is 5.97. The van der Waals surface area contributed by atoms with Gasteiger partial charge in [0.25, 0.3) is 0 Å². The second kappa shape index (κ2) is 6.79. The lowest BCUT2D eigenvalue weighted by molar-refractivity contribution is -0.192. The van der Waals surface area contributed by atoms with Gasteiger partial charge in [0, 0.05) is 13.1 Å². The minimum absolute atomic E-state index is 0.227. The van der Waals surface area contributed by atoms with Crippen LogP contribution in [0.1, 0.15) is 20.8 Å². The number of likely N-dealkylation sites (N-methyl/N-ethyl adjacent to an activating group) is 1. The van der Waals surface area contributed by atoms with Gasteiger partial charge >= 0.3 is 18.1 Å². The number of halogens is 2. The van der Waals surface area contributed by atoms with E-state index in [1.165, 1.54) is 18.2 Å². The van der Waals surface area contributed by atoms with Gasteiger partial charge in [0.15, 0.2) is 5.13 Å². The van der Waals surface area contributed by atoms with E-state index in [-0.39, 0.29) is 10.9 Å². The maximum Gasteiger partial charge on any atom is 0.482 e. The molecule has 2 amide bonds. The number of amides is 2. The molecule has 0 spiro atoms. The van der Waals surface area contributed by atoms with Crippen LogP contribution < -0.4 is 15.4 Å². The first-order valence-corrected chi connectivity index (χ1v) is 8.01. The van der Waals surface area contributed by atoms with Crippen LogP contribution >= 0.6 is 11.3 Å². The lowest BCUT2D eigenvalue weighted by Crippen LogP contribution is -2.42. The Morgan fingerprint density at radius 1 is 1.24 bits per heavy atom. The molecule has 10 heteroatoms. The summed E-state index contributed by atoms with van der Waals surface area (Å²) in [6.07, 6.45) is -4.68. The Kier molecular flexibility index (Phi) is 5.12. The molecule has 7 nitrogen and oxygen atoms in total. The van der Waals surface area contributed by atoms with E-state index in [4.69, 9.17) is 4.74 Å². The summed E-state index contributed by atoms with van der Waals surface area (Å²) in [5.41, 5.74) is -0.325. The Labute approximate surface area is 146 Å². The fourth-order valence-corrected chi connectivity index (χ4v) is 2.59. The molecule has 0 aliphatic heterocycles. The highest BCUT2D eigenvalue weighted by molar-refractivity contribution is 7.22. The molecule has 0 aliphatic carbocycles. The average Bonchev–Trinajstić information content (AvgIpc) is 2.84. The summed E-state index contributed by atoms with van der Waals surface area (Å²) in [5.74, 6) is -1.78. The van der Waals surface area contributed by atoms with Gasteiger partial charge in [-0.25, -0.2) is 9.78 Å². The Morgan fingerprint density at radius 2 is 1.92 bits per heavy atom. The van der Waals surface area contributed by atoms with Gasteiger partial charge in [0.2, 0.25) is 0 Å². The topological polar surface area (TPSA) is 89.6 Å². The third-order valence-corrected chi connectivity index (χ3v) is 3.66. The van der Waals surface area contributed by atoms with Crippen LogP contribution in [-0.4, -0.2) is 35.7 Å². The molecule has 0 unspecified atom stereocenters. The molecular weight excluding hydrogens is 356 g/mol. The molecule has 136 valence electrons. The number of hydrogen-bond donors (Lipinski definition) is 2. The summed E-state index contributed by atoms with van der Waals surface area (Å²) >= 11 is 1.14. The minimum atomic E-state index is -4.00. The molecule has 2 N–H and O–H groups in total. The number of anilines is 1. The number of nitrogens with one attached hydrogen (secondary N) is 2. The Bertz CT molecular complexity index is 802. The molecule has 1 aromatic heterocycles. The summed E-state index contributed by atoms with van der Waals surface area (Å²) < 4.78 is 37.2. The van der Waals surface area contributed by atoms with Gasteiger partial charge in [-0.1, -0.05) is 11.3 Å². The predicted molar refractivity (Wildman–Crippen MR) is 89.1 cm³/mol. The van der Waals surface area contributed by atoms with E-state index >= 15 is 0 Å². The highest BCUT2D eigenvalue weighted by atomic mass is 32.1. The SMILES string of the molecule is CNC(=O)C(F)(F)Oc1ccc2sc(NC(=O)OC(C)(C)C)nc2c1. The van der Waals surface area contributed by atoms with Crippen LogP contribution in [0.15, 0.2) is 18.2 Å². The van der Waals surface area contributed by atoms with Crippen molar-refractivity contribution in [3.8, 4) is 5.75 Å². The minimum Gasteiger partial charge on any atom is -0.444 e. The van der Waals surface area contributed by atoms with Crippen molar-refractivity contribution in [2.24, 2.45) is 0 Å². The van der Waals surface area contributed by atoms with Crippen LogP contribution in [0.2, 0.25) is 0 Å². The van der Waals surface area contributed by atoms with Crippen molar-refractivity contribution < 1.29 is 27.8 Å². The van der Waals surface area contributed by atoms with Crippen LogP contribution in [0.3, 0.4) is 0 Å². The molecule has 1 heterocycles. The van der Waals surface area contributed by atoms with E-state index in [1.54, 1.807) is 20.8 Å². The zero-order valence-electron chi connectivity index (χ0n) is 14.0. The van der Waals surface area contributed by atoms with Crippen molar-refractivity contribution >= 4 is 38.7 Å². The van der Waals surface area contributed by atoms with Gasteiger partial charge in [0.1, 0.15) is 11.4 Å². The van der Waals surface area contributed by atoms with Crippen LogP contribution in [0.25, 0.3) is 10.2 Å². The summed E-state index contributed by atoms with van der Waals surface area (Å²) in [6, 6.07) is 4.04. The normalized spacial score (nSPS) is 11.9. The standard InChI is InChI=1S/C15H17F2N3O4S/c1-14(2,3)24-13(22)20-12-19-9-7-8(5-6-10(9)25-12)23-15(16,17)11(21)18-4/h5-7H,1-4H3,(H,18,21)(H,19,20,22). The first-order chi connectivity index (χ1) is 11.5. The monoisotopic (exact) mass is 373 g/mol. The van der Waals surface area contributed by atoms with E-state index < -0.39 is 23.7 Å². The molecule has 1 aromatic carbocycles. The summed E-state index contributed by atoms with van der Waals surface area (Å²) in [7, 11) is 1.08. The number of nitrogens with zero attached hydrogens (tertiary/aromatic N) is 1. The van der Waals surface area contributed by atoms with E-state index in [2.05, 4.69) is 15.0 Å². The fourth-order valence-electron chi connectivity index (χ4n) is 1.75. The fraction of sp³-hybridized carbons (Fsp3) is 0.400. The molecule has 0 aliphatic rings. The van der Waals surface area contributed by atoms with Crippen LogP contribution in [-0.2, 0) is 9.53 Å². The Hall–Kier alpha value is -2.49. The van der Waals surface area contributed by atoms with Gasteiger partial charge in [-0.2, -0.15) is 8.78 Å². The lowest BCUT2D eigenvalue weighted by Gasteiger charge is -2.18. The van der Waals surface area contributed by atoms with Crippen molar-refractivity contribution in [1.29, 1.82) is 0 Å². The number of benzene rings is 1. The molecule has 25 heavy (non-hydrogen) atoms. The number of aromatic nitrogens is 1. The maximum atomic E-state index is 13.5. The second-order valence-corrected chi connectivity index (χ2v) is 7.00. The maximum absolute atomic E-state index is 13.5. The Balaban J connectivity index is 2.16. The van der Waals surface area contributed by atoms with Crippen molar-refractivity contribution in [2.75, 3.05) is 12.4 Å². The highest BCUT2D eigenvalue weighted by Gasteiger charge is 2.41. The first-order valence-electron chi connectivity index (χ1n) is 7.20. The van der Waals surface area contributed by atoms with Crippen LogP contribution in [0.5, 0.6) is 5.75 Å². The third kappa shape index (κ3) is 4.99. The number of hydrogen-bond acceptors (Lipinski definition) is 6. The summed E-state index contributed by atoms with van der Waals surface area (Å²) in [5, 5.41) is 4.54. The number of thiazole rings is 1. The summed E-state index contributed by atoms with van der Waals surface area (Å²) in [6.45, 7) is 5.17. The van der Waals surface area contributed by atoms with Gasteiger partial charge in [-0.15, -0.1) is 0 Å². The number of fused-ring (bicyclic) bond motifs is 1. The molecule has 0 atom stereocenters. The number of alkyl halides is 2. The van der Waals surface area contributed by atoms with Crippen molar-refractivity contribution in [3.05, 3.63) is 18.2 Å². The molecule has 2 aromatic rings. The smallest absolute Gasteiger partial charge is 0.444 e. The van der Waals surface area contributed by atoms with E-state index in [0.29, 0.717) is 10.2 Å². The molecule has 0 bridgehead atoms. The molecule has 0 saturated carbocycles. The van der Waals surface area contributed by atoms with Gasteiger partial charge < -0.3 is 14.8 Å². The molecule has 0 saturated heterocycles. The zero-order valence-corrected chi connectivity index (χ0v) is 14.8. The quantitative estimate of drug-likeness (QED) is 0.858. The van der Waals surface area contributed by atoms with Crippen molar-refractivity contribution in [2.45, 2.75) is 32.5 Å². The van der Waals surface area contributed by atoms with Crippen molar-refractivity contribution in [1.82, 2.24) is 10.3 Å². The summed E-state index contributed by atoms with van der Waals surface area (Å²) in [4.78, 5) is 26.9. The van der Waals surface area contributed by atoms with Gasteiger partial charge in [-0.05, 0) is 32.9 Å². The largest absolute Gasteiger partial charge is 0.482 e. The third-order valence-electron chi connectivity index (χ3n) is 2.70. The van der Waals surface area contributed by atoms with E-state index in [0.717, 1.165) is 18.4 Å². The van der Waals surface area contributed by atoms with E-state index in [9.17, 15) is 18.4 Å². The lowest BCUT2D eigenvalue weighted by atomic mass is 10.2. The number of carbonyl (C=O) groups is 2. The average molecular weight is 373 g/mol. The zero-order chi connectivity index (χ0) is 18.8. The molecular formula is C15H17F2N3O4S. The van der Waals surface area contributed by atoms with Crippen molar-refractivity contribution in [3.63, 3.8) is 0 Å². The molecule has 0 radical (unpaired) electrons. The molecule has 2 rings (SSSR count). The highest BCUT2D eigenvalue weighted by Crippen LogP contribution is 2.31. The first kappa shape index (κ1) is 18.8. The van der Waals surface area contributed by atoms with Gasteiger partial charge in [0.05, 0.1) is 10.2 Å². The molecule has 0 fully saturated rings. The number of carbonyl (C=O) groups excluding carboxylic acids is 2. The number of ether oxygens (including phenoxy) is 2. The number of rotatable bonds is 4. The predicted octanol–water partition coefficient (Wildman–Crippen LogP) is 3.36. The van der Waals surface area contributed by atoms with E-state index in [1.807, 2.05) is 5.32 Å². The van der Waals surface area contributed by atoms with Crippen LogP contribution in [0, 0.1) is 0 Å². The van der Waals surface area contributed by atoms with Crippen LogP contribution in [0.4, 0.5) is 18.7 Å². The van der Waals surface area contributed by atoms with Gasteiger partial charge in [-0.3, -0.25) is 10.1 Å². The Morgan fingerprint density at radius 3 is 2.52 bits per heavy atom.